The lowest BCUT2D eigenvalue weighted by Gasteiger charge is -2.11. The molecule has 24 heavy (non-hydrogen) atoms. The first-order valence-corrected chi connectivity index (χ1v) is 8.06. The van der Waals surface area contributed by atoms with Crippen molar-refractivity contribution in [3.63, 3.8) is 0 Å². The molecule has 0 aliphatic heterocycles. The summed E-state index contributed by atoms with van der Waals surface area (Å²) < 4.78 is 2.35. The molecule has 3 heteroatoms. The third kappa shape index (κ3) is 3.96. The quantitative estimate of drug-likeness (QED) is 0.449. The van der Waals surface area contributed by atoms with Crippen molar-refractivity contribution in [3.8, 4) is 0 Å². The van der Waals surface area contributed by atoms with Crippen molar-refractivity contribution >= 4 is 28.7 Å². The Morgan fingerprint density at radius 2 is 1.58 bits per heavy atom. The van der Waals surface area contributed by atoms with Gasteiger partial charge < -0.3 is 28.9 Å². The van der Waals surface area contributed by atoms with Gasteiger partial charge in [-0.15, -0.1) is 0 Å². The largest absolute Gasteiger partial charge is 1.00 e. The predicted octanol–water partition coefficient (Wildman–Crippen LogP) is 1.39. The van der Waals surface area contributed by atoms with Crippen molar-refractivity contribution in [2.75, 3.05) is 19.0 Å². The predicted molar refractivity (Wildman–Crippen MR) is 99.5 cm³/mol. The molecule has 2 aromatic carbocycles. The van der Waals surface area contributed by atoms with Crippen molar-refractivity contribution in [2.24, 2.45) is 0 Å². The molecule has 0 aliphatic rings. The van der Waals surface area contributed by atoms with Gasteiger partial charge in [0.15, 0.2) is 0 Å². The van der Waals surface area contributed by atoms with Crippen LogP contribution < -0.4 is 33.4 Å². The Morgan fingerprint density at radius 1 is 0.875 bits per heavy atom. The van der Waals surface area contributed by atoms with Crippen LogP contribution >= 0.6 is 0 Å². The second-order valence-corrected chi connectivity index (χ2v) is 5.88. The molecule has 124 valence electrons. The molecule has 3 aromatic rings. The lowest BCUT2D eigenvalue weighted by atomic mass is 10.1. The Hall–Kier alpha value is -1.88. The Kier molecular flexibility index (Phi) is 6.37. The fraction of sp³-hybridized carbons (Fsp3) is 0.190. The minimum absolute atomic E-state index is 0. The number of benzene rings is 2. The summed E-state index contributed by atoms with van der Waals surface area (Å²) in [6.07, 6.45) is 4.37. The molecule has 2 nitrogen and oxygen atoms in total. The molecule has 0 aliphatic carbocycles. The van der Waals surface area contributed by atoms with Crippen molar-refractivity contribution in [2.45, 2.75) is 13.5 Å². The van der Waals surface area contributed by atoms with Gasteiger partial charge in [0.2, 0.25) is 11.2 Å². The van der Waals surface area contributed by atoms with E-state index in [9.17, 15) is 0 Å². The SMILES string of the molecule is CC[n+]1c(/C=C/c2ccc(N(C)C)cc2)ccc2ccccc21.[I-]. The molecule has 0 fully saturated rings. The van der Waals surface area contributed by atoms with Crippen LogP contribution in [0.4, 0.5) is 5.69 Å². The average Bonchev–Trinajstić information content (AvgIpc) is 2.59. The summed E-state index contributed by atoms with van der Waals surface area (Å²) in [6.45, 7) is 3.15. The number of aryl methyl sites for hydroxylation is 1. The first kappa shape index (κ1) is 18.5. The van der Waals surface area contributed by atoms with Crippen LogP contribution in [0, 0.1) is 0 Å². The van der Waals surface area contributed by atoms with Crippen molar-refractivity contribution < 1.29 is 28.5 Å². The molecular weight excluding hydrogens is 407 g/mol. The highest BCUT2D eigenvalue weighted by atomic mass is 127. The lowest BCUT2D eigenvalue weighted by Crippen LogP contribution is -3.00. The molecule has 0 amide bonds. The Morgan fingerprint density at radius 3 is 2.25 bits per heavy atom. The first-order chi connectivity index (χ1) is 11.2. The molecule has 0 atom stereocenters. The number of pyridine rings is 1. The second-order valence-electron chi connectivity index (χ2n) is 5.88. The van der Waals surface area contributed by atoms with Crippen LogP contribution in [0.5, 0.6) is 0 Å². The van der Waals surface area contributed by atoms with Gasteiger partial charge in [-0.05, 0) is 42.8 Å². The van der Waals surface area contributed by atoms with Gasteiger partial charge in [0.05, 0.1) is 0 Å². The van der Waals surface area contributed by atoms with Crippen molar-refractivity contribution in [3.05, 3.63) is 71.9 Å². The molecule has 3 rings (SSSR count). The van der Waals surface area contributed by atoms with E-state index < -0.39 is 0 Å². The summed E-state index contributed by atoms with van der Waals surface area (Å²) in [7, 11) is 4.12. The summed E-state index contributed by atoms with van der Waals surface area (Å²) in [5.74, 6) is 0. The highest BCUT2D eigenvalue weighted by Crippen LogP contribution is 2.15. The summed E-state index contributed by atoms with van der Waals surface area (Å²) in [5, 5.41) is 1.28. The monoisotopic (exact) mass is 430 g/mol. The van der Waals surface area contributed by atoms with E-state index in [0.717, 1.165) is 6.54 Å². The molecule has 0 N–H and O–H groups in total. The van der Waals surface area contributed by atoms with Gasteiger partial charge in [-0.2, -0.15) is 4.57 Å². The summed E-state index contributed by atoms with van der Waals surface area (Å²) in [4.78, 5) is 2.11. The summed E-state index contributed by atoms with van der Waals surface area (Å²) >= 11 is 0. The van der Waals surface area contributed by atoms with Gasteiger partial charge in [-0.25, -0.2) is 0 Å². The molecule has 1 aromatic heterocycles. The van der Waals surface area contributed by atoms with E-state index in [-0.39, 0.29) is 24.0 Å². The number of rotatable bonds is 4. The first-order valence-electron chi connectivity index (χ1n) is 8.06. The normalized spacial score (nSPS) is 10.8. The van der Waals surface area contributed by atoms with E-state index in [0.29, 0.717) is 0 Å². The van der Waals surface area contributed by atoms with Gasteiger partial charge >= 0.3 is 0 Å². The van der Waals surface area contributed by atoms with Crippen LogP contribution in [-0.2, 0) is 6.54 Å². The minimum atomic E-state index is 0. The van der Waals surface area contributed by atoms with Crippen molar-refractivity contribution in [1.82, 2.24) is 0 Å². The number of para-hydroxylation sites is 1. The van der Waals surface area contributed by atoms with Gasteiger partial charge in [-0.1, -0.05) is 24.3 Å². The maximum atomic E-state index is 2.35. The molecule has 0 bridgehead atoms. The van der Waals surface area contributed by atoms with Crippen LogP contribution in [0.1, 0.15) is 18.2 Å². The van der Waals surface area contributed by atoms with Crippen LogP contribution in [0.3, 0.4) is 0 Å². The van der Waals surface area contributed by atoms with Crippen LogP contribution in [-0.4, -0.2) is 14.1 Å². The number of nitrogens with zero attached hydrogens (tertiary/aromatic N) is 2. The van der Waals surface area contributed by atoms with E-state index in [1.807, 2.05) is 0 Å². The number of halogens is 1. The van der Waals surface area contributed by atoms with Gasteiger partial charge in [0.25, 0.3) is 0 Å². The van der Waals surface area contributed by atoms with E-state index in [2.05, 4.69) is 103 Å². The molecule has 1 heterocycles. The summed E-state index contributed by atoms with van der Waals surface area (Å²) in [5.41, 5.74) is 4.94. The Labute approximate surface area is 161 Å². The standard InChI is InChI=1S/C21H23N2.HI/c1-4-23-20(16-12-18-7-5-6-8-21(18)23)15-11-17-9-13-19(14-10-17)22(2)3;/h5-16H,4H2,1-3H3;1H/q+1;/p-1. The number of hydrogen-bond acceptors (Lipinski definition) is 1. The molecule has 0 radical (unpaired) electrons. The van der Waals surface area contributed by atoms with E-state index in [1.54, 1.807) is 0 Å². The number of aromatic nitrogens is 1. The van der Waals surface area contributed by atoms with Crippen LogP contribution in [0.15, 0.2) is 60.7 Å². The number of hydrogen-bond donors (Lipinski definition) is 0. The second kappa shape index (κ2) is 8.29. The minimum Gasteiger partial charge on any atom is -1.00 e. The zero-order valence-corrected chi connectivity index (χ0v) is 16.6. The van der Waals surface area contributed by atoms with Crippen molar-refractivity contribution in [1.29, 1.82) is 0 Å². The van der Waals surface area contributed by atoms with Gasteiger partial charge in [-0.3, -0.25) is 0 Å². The third-order valence-corrected chi connectivity index (χ3v) is 4.15. The lowest BCUT2D eigenvalue weighted by molar-refractivity contribution is -0.669. The van der Waals surface area contributed by atoms with Gasteiger partial charge in [0.1, 0.15) is 6.54 Å². The zero-order chi connectivity index (χ0) is 16.2. The molecule has 0 saturated carbocycles. The Bertz CT molecular complexity index is 836. The maximum Gasteiger partial charge on any atom is 0.212 e. The molecule has 0 unspecified atom stereocenters. The van der Waals surface area contributed by atoms with Crippen LogP contribution in [0.2, 0.25) is 0 Å². The molecular formula is C21H23IN2. The third-order valence-electron chi connectivity index (χ3n) is 4.15. The highest BCUT2D eigenvalue weighted by molar-refractivity contribution is 5.77. The summed E-state index contributed by atoms with van der Waals surface area (Å²) in [6, 6.07) is 21.5. The molecule has 0 saturated heterocycles. The van der Waals surface area contributed by atoms with Crippen LogP contribution in [0.25, 0.3) is 23.1 Å². The Balaban J connectivity index is 0.00000208. The topological polar surface area (TPSA) is 7.12 Å². The number of anilines is 1. The van der Waals surface area contributed by atoms with E-state index >= 15 is 0 Å². The fourth-order valence-corrected chi connectivity index (χ4v) is 2.84. The zero-order valence-electron chi connectivity index (χ0n) is 14.4. The van der Waals surface area contributed by atoms with Gasteiger partial charge in [0, 0.05) is 43.4 Å². The fourth-order valence-electron chi connectivity index (χ4n) is 2.84. The molecule has 0 spiro atoms. The van der Waals surface area contributed by atoms with E-state index in [4.69, 9.17) is 0 Å². The average molecular weight is 430 g/mol. The number of fused-ring (bicyclic) bond motifs is 1. The smallest absolute Gasteiger partial charge is 0.212 e. The van der Waals surface area contributed by atoms with E-state index in [1.165, 1.54) is 27.8 Å². The maximum absolute atomic E-state index is 2.35. The highest BCUT2D eigenvalue weighted by Gasteiger charge is 2.10.